The molecule has 0 aliphatic carbocycles. The van der Waals surface area contributed by atoms with Crippen LogP contribution in [0.1, 0.15) is 11.1 Å². The van der Waals surface area contributed by atoms with Gasteiger partial charge >= 0.3 is 5.97 Å². The van der Waals surface area contributed by atoms with Crippen LogP contribution in [0.3, 0.4) is 0 Å². The molecule has 0 heterocycles. The third-order valence-electron chi connectivity index (χ3n) is 3.10. The number of nitro groups is 2. The number of benzene rings is 2. The molecule has 0 aliphatic rings. The minimum atomic E-state index is -0.697. The highest BCUT2D eigenvalue weighted by Gasteiger charge is 2.18. The van der Waals surface area contributed by atoms with E-state index >= 15 is 0 Å². The van der Waals surface area contributed by atoms with Crippen molar-refractivity contribution >= 4 is 17.3 Å². The highest BCUT2D eigenvalue weighted by molar-refractivity contribution is 5.74. The molecule has 0 saturated heterocycles. The number of nitro benzene ring substituents is 2. The maximum absolute atomic E-state index is 11.8. The Bertz CT molecular complexity index is 759. The number of hydrogen-bond donors (Lipinski definition) is 0. The minimum Gasteiger partial charge on any atom is -0.460 e. The summed E-state index contributed by atoms with van der Waals surface area (Å²) >= 11 is 0. The first kappa shape index (κ1) is 16.1. The second-order valence-electron chi connectivity index (χ2n) is 4.61. The van der Waals surface area contributed by atoms with Gasteiger partial charge in [0.25, 0.3) is 11.4 Å². The first-order valence-electron chi connectivity index (χ1n) is 6.59. The Hall–Kier alpha value is -3.29. The molecule has 118 valence electrons. The quantitative estimate of drug-likeness (QED) is 0.460. The zero-order chi connectivity index (χ0) is 16.8. The van der Waals surface area contributed by atoms with Crippen molar-refractivity contribution in [2.75, 3.05) is 0 Å². The lowest BCUT2D eigenvalue weighted by Gasteiger charge is -2.06. The molecule has 0 saturated carbocycles. The van der Waals surface area contributed by atoms with Gasteiger partial charge in [0, 0.05) is 17.7 Å². The van der Waals surface area contributed by atoms with E-state index in [0.29, 0.717) is 0 Å². The molecule has 2 aromatic carbocycles. The predicted octanol–water partition coefficient (Wildman–Crippen LogP) is 2.79. The summed E-state index contributed by atoms with van der Waals surface area (Å²) in [6, 6.07) is 11.7. The number of carbonyl (C=O) groups excluding carboxylic acids is 1. The van der Waals surface area contributed by atoms with E-state index in [0.717, 1.165) is 0 Å². The Morgan fingerprint density at radius 1 is 0.870 bits per heavy atom. The molecule has 2 rings (SSSR count). The van der Waals surface area contributed by atoms with Gasteiger partial charge in [0.05, 0.1) is 21.8 Å². The van der Waals surface area contributed by atoms with Crippen molar-refractivity contribution in [3.05, 3.63) is 79.9 Å². The van der Waals surface area contributed by atoms with E-state index in [1.54, 1.807) is 12.1 Å². The molecule has 0 aliphatic heterocycles. The first-order valence-corrected chi connectivity index (χ1v) is 6.59. The van der Waals surface area contributed by atoms with Gasteiger partial charge in [-0.05, 0) is 6.07 Å². The molecule has 0 spiro atoms. The number of hydrogen-bond acceptors (Lipinski definition) is 6. The largest absolute Gasteiger partial charge is 0.460 e. The van der Waals surface area contributed by atoms with Crippen LogP contribution in [-0.4, -0.2) is 15.8 Å². The summed E-state index contributed by atoms with van der Waals surface area (Å²) < 4.78 is 4.99. The van der Waals surface area contributed by atoms with Crippen molar-refractivity contribution in [3.63, 3.8) is 0 Å². The number of nitrogens with zero attached hydrogens (tertiary/aromatic N) is 2. The van der Waals surface area contributed by atoms with Crippen molar-refractivity contribution in [1.29, 1.82) is 0 Å². The van der Waals surface area contributed by atoms with Crippen molar-refractivity contribution in [3.8, 4) is 0 Å². The number of para-hydroxylation sites is 2. The van der Waals surface area contributed by atoms with Crippen LogP contribution in [-0.2, 0) is 22.6 Å². The van der Waals surface area contributed by atoms with Crippen LogP contribution >= 0.6 is 0 Å². The Labute approximate surface area is 130 Å². The highest BCUT2D eigenvalue weighted by atomic mass is 16.6. The molecule has 0 amide bonds. The number of esters is 1. The normalized spacial score (nSPS) is 10.1. The average Bonchev–Trinajstić information content (AvgIpc) is 2.53. The second kappa shape index (κ2) is 7.12. The van der Waals surface area contributed by atoms with Gasteiger partial charge in [-0.25, -0.2) is 0 Å². The topological polar surface area (TPSA) is 113 Å². The number of ether oxygens (including phenoxy) is 1. The van der Waals surface area contributed by atoms with Gasteiger partial charge in [-0.2, -0.15) is 0 Å². The van der Waals surface area contributed by atoms with Gasteiger partial charge in [-0.3, -0.25) is 25.0 Å². The molecule has 0 N–H and O–H groups in total. The smallest absolute Gasteiger partial charge is 0.310 e. The summed E-state index contributed by atoms with van der Waals surface area (Å²) in [6.45, 7) is -0.267. The third kappa shape index (κ3) is 4.10. The Morgan fingerprint density at radius 3 is 1.91 bits per heavy atom. The molecule has 0 fully saturated rings. The number of carbonyl (C=O) groups is 1. The summed E-state index contributed by atoms with van der Waals surface area (Å²) in [5.41, 5.74) is 0.166. The summed E-state index contributed by atoms with van der Waals surface area (Å²) in [7, 11) is 0. The lowest BCUT2D eigenvalue weighted by atomic mass is 10.1. The Kier molecular flexibility index (Phi) is 4.98. The van der Waals surface area contributed by atoms with Crippen molar-refractivity contribution in [2.45, 2.75) is 13.0 Å². The monoisotopic (exact) mass is 316 g/mol. The van der Waals surface area contributed by atoms with E-state index in [1.807, 2.05) is 0 Å². The fraction of sp³-hybridized carbons (Fsp3) is 0.133. The van der Waals surface area contributed by atoms with E-state index in [-0.39, 0.29) is 35.5 Å². The van der Waals surface area contributed by atoms with E-state index < -0.39 is 15.8 Å². The number of rotatable bonds is 6. The SMILES string of the molecule is O=C(Cc1ccccc1[N+](=O)[O-])OCc1ccccc1[N+](=O)[O-]. The lowest BCUT2D eigenvalue weighted by Crippen LogP contribution is -2.10. The molecule has 2 aromatic rings. The minimum absolute atomic E-state index is 0.147. The molecule has 23 heavy (non-hydrogen) atoms. The first-order chi connectivity index (χ1) is 11.0. The third-order valence-corrected chi connectivity index (χ3v) is 3.10. The zero-order valence-electron chi connectivity index (χ0n) is 11.9. The van der Waals surface area contributed by atoms with Gasteiger partial charge in [-0.1, -0.05) is 30.3 Å². The molecule has 0 unspecified atom stereocenters. The van der Waals surface area contributed by atoms with Gasteiger partial charge in [0.2, 0.25) is 0 Å². The van der Waals surface area contributed by atoms with Gasteiger partial charge in [0.15, 0.2) is 0 Å². The van der Waals surface area contributed by atoms with Crippen LogP contribution in [0.5, 0.6) is 0 Å². The van der Waals surface area contributed by atoms with Crippen LogP contribution in [0.15, 0.2) is 48.5 Å². The van der Waals surface area contributed by atoms with Crippen molar-refractivity contribution in [1.82, 2.24) is 0 Å². The molecule has 0 radical (unpaired) electrons. The zero-order valence-corrected chi connectivity index (χ0v) is 11.9. The van der Waals surface area contributed by atoms with Crippen LogP contribution in [0.25, 0.3) is 0 Å². The second-order valence-corrected chi connectivity index (χ2v) is 4.61. The lowest BCUT2D eigenvalue weighted by molar-refractivity contribution is -0.386. The maximum atomic E-state index is 11.8. The van der Waals surface area contributed by atoms with Crippen molar-refractivity contribution < 1.29 is 19.4 Å². The molecule has 8 heteroatoms. The fourth-order valence-corrected chi connectivity index (χ4v) is 2.01. The van der Waals surface area contributed by atoms with Gasteiger partial charge in [-0.15, -0.1) is 0 Å². The van der Waals surface area contributed by atoms with Crippen LogP contribution in [0.4, 0.5) is 11.4 Å². The summed E-state index contributed by atoms with van der Waals surface area (Å²) in [5.74, 6) is -0.697. The highest BCUT2D eigenvalue weighted by Crippen LogP contribution is 2.20. The van der Waals surface area contributed by atoms with E-state index in [4.69, 9.17) is 4.74 Å². The molecular weight excluding hydrogens is 304 g/mol. The van der Waals surface area contributed by atoms with Gasteiger partial charge < -0.3 is 4.74 Å². The Balaban J connectivity index is 2.04. The van der Waals surface area contributed by atoms with Crippen LogP contribution in [0.2, 0.25) is 0 Å². The standard InChI is InChI=1S/C15H12N2O6/c18-15(9-11-5-1-3-7-13(11)16(19)20)23-10-12-6-2-4-8-14(12)17(21)22/h1-8H,9-10H2. The molecule has 0 bridgehead atoms. The fourth-order valence-electron chi connectivity index (χ4n) is 2.01. The molecule has 8 nitrogen and oxygen atoms in total. The van der Waals surface area contributed by atoms with Crippen LogP contribution < -0.4 is 0 Å². The van der Waals surface area contributed by atoms with E-state index in [9.17, 15) is 25.0 Å². The predicted molar refractivity (Wildman–Crippen MR) is 79.7 cm³/mol. The van der Waals surface area contributed by atoms with Gasteiger partial charge in [0.1, 0.15) is 6.61 Å². The average molecular weight is 316 g/mol. The summed E-state index contributed by atoms with van der Waals surface area (Å²) in [6.07, 6.45) is -0.280. The van der Waals surface area contributed by atoms with Crippen LogP contribution in [0, 0.1) is 20.2 Å². The molecular formula is C15H12N2O6. The van der Waals surface area contributed by atoms with Crippen molar-refractivity contribution in [2.24, 2.45) is 0 Å². The summed E-state index contributed by atoms with van der Waals surface area (Å²) in [4.78, 5) is 32.4. The Morgan fingerprint density at radius 2 is 1.35 bits per heavy atom. The summed E-state index contributed by atoms with van der Waals surface area (Å²) in [5, 5.41) is 21.7. The molecule has 0 aromatic heterocycles. The van der Waals surface area contributed by atoms with E-state index in [2.05, 4.69) is 0 Å². The van der Waals surface area contributed by atoms with E-state index in [1.165, 1.54) is 36.4 Å². The molecule has 0 atom stereocenters. The maximum Gasteiger partial charge on any atom is 0.310 e.